The summed E-state index contributed by atoms with van der Waals surface area (Å²) in [6.45, 7) is 0. The summed E-state index contributed by atoms with van der Waals surface area (Å²) in [5.74, 6) is 9.52. The van der Waals surface area contributed by atoms with Gasteiger partial charge in [-0.05, 0) is 222 Å². The van der Waals surface area contributed by atoms with Crippen molar-refractivity contribution in [2.24, 2.45) is 69.5 Å². The van der Waals surface area contributed by atoms with Crippen LogP contribution >= 0.6 is 0 Å². The predicted octanol–water partition coefficient (Wildman–Crippen LogP) is 9.36. The Labute approximate surface area is 238 Å². The molecule has 0 radical (unpaired) electrons. The van der Waals surface area contributed by atoms with Gasteiger partial charge in [0, 0.05) is 11.4 Å². The van der Waals surface area contributed by atoms with Crippen LogP contribution in [0.4, 0.5) is 0 Å². The predicted molar refractivity (Wildman–Crippen MR) is 157 cm³/mol. The first-order chi connectivity index (χ1) is 18.9. The van der Waals surface area contributed by atoms with Crippen LogP contribution in [0.1, 0.15) is 133 Å². The number of aromatic nitrogens is 1. The van der Waals surface area contributed by atoms with Crippen LogP contribution < -0.4 is 0 Å². The SMILES string of the molecule is c1c(CC23CC4CC(CC(C4)C2)C3)cc(CC23CC4CC(CC(C4)C2)C3)nc1CC12CC3CC(CC(C3)C1)C2. The van der Waals surface area contributed by atoms with Crippen LogP contribution in [-0.2, 0) is 19.3 Å². The van der Waals surface area contributed by atoms with Crippen LogP contribution in [0.5, 0.6) is 0 Å². The van der Waals surface area contributed by atoms with Crippen LogP contribution in [-0.4, -0.2) is 4.98 Å². The van der Waals surface area contributed by atoms with E-state index in [2.05, 4.69) is 12.1 Å². The fourth-order valence-corrected chi connectivity index (χ4v) is 15.7. The molecule has 12 aliphatic rings. The van der Waals surface area contributed by atoms with E-state index in [-0.39, 0.29) is 0 Å². The maximum absolute atomic E-state index is 5.68. The minimum Gasteiger partial charge on any atom is -0.258 e. The van der Waals surface area contributed by atoms with Gasteiger partial charge in [-0.1, -0.05) is 0 Å². The molecule has 1 heterocycles. The Hall–Kier alpha value is -0.850. The van der Waals surface area contributed by atoms with Crippen molar-refractivity contribution in [1.82, 2.24) is 4.98 Å². The normalized spacial score (nSPS) is 53.7. The van der Waals surface area contributed by atoms with Gasteiger partial charge in [-0.25, -0.2) is 0 Å². The monoisotopic (exact) mass is 523 g/mol. The molecule has 13 rings (SSSR count). The van der Waals surface area contributed by atoms with Gasteiger partial charge >= 0.3 is 0 Å². The molecular weight excluding hydrogens is 470 g/mol. The molecule has 1 heteroatoms. The molecule has 0 atom stereocenters. The van der Waals surface area contributed by atoms with E-state index >= 15 is 0 Å². The Morgan fingerprint density at radius 3 is 0.949 bits per heavy atom. The molecule has 39 heavy (non-hydrogen) atoms. The first-order valence-electron chi connectivity index (χ1n) is 17.9. The zero-order chi connectivity index (χ0) is 25.4. The maximum Gasteiger partial charge on any atom is 0.0415 e. The highest BCUT2D eigenvalue weighted by Crippen LogP contribution is 2.64. The molecule has 12 aliphatic carbocycles. The average Bonchev–Trinajstić information content (AvgIpc) is 2.80. The molecule has 0 aromatic carbocycles. The molecule has 0 aliphatic heterocycles. The first-order valence-corrected chi connectivity index (χ1v) is 17.9. The zero-order valence-corrected chi connectivity index (χ0v) is 24.6. The van der Waals surface area contributed by atoms with Crippen LogP contribution in [0.25, 0.3) is 0 Å². The third kappa shape index (κ3) is 4.00. The molecule has 12 saturated carbocycles. The van der Waals surface area contributed by atoms with Gasteiger partial charge in [0.1, 0.15) is 0 Å². The Balaban J connectivity index is 0.985. The van der Waals surface area contributed by atoms with Crippen molar-refractivity contribution in [3.63, 3.8) is 0 Å². The quantitative estimate of drug-likeness (QED) is 0.362. The van der Waals surface area contributed by atoms with Gasteiger partial charge in [0.25, 0.3) is 0 Å². The molecular formula is C38H53N. The third-order valence-corrected chi connectivity index (χ3v) is 15.2. The average molecular weight is 524 g/mol. The lowest BCUT2D eigenvalue weighted by Crippen LogP contribution is -2.47. The first kappa shape index (κ1) is 23.7. The van der Waals surface area contributed by atoms with E-state index in [1.807, 2.05) is 0 Å². The molecule has 0 unspecified atom stereocenters. The van der Waals surface area contributed by atoms with Crippen molar-refractivity contribution in [2.75, 3.05) is 0 Å². The van der Waals surface area contributed by atoms with Crippen molar-refractivity contribution in [3.8, 4) is 0 Å². The van der Waals surface area contributed by atoms with E-state index in [9.17, 15) is 0 Å². The highest BCUT2D eigenvalue weighted by Gasteiger charge is 2.53. The van der Waals surface area contributed by atoms with Gasteiger partial charge in [-0.15, -0.1) is 0 Å². The van der Waals surface area contributed by atoms with E-state index in [1.165, 1.54) is 57.8 Å². The van der Waals surface area contributed by atoms with Crippen LogP contribution in [0.3, 0.4) is 0 Å². The number of nitrogens with zero attached hydrogens (tertiary/aromatic N) is 1. The molecule has 210 valence electrons. The summed E-state index contributed by atoms with van der Waals surface area (Å²) in [4.78, 5) is 5.68. The van der Waals surface area contributed by atoms with Crippen LogP contribution in [0, 0.1) is 69.5 Å². The van der Waals surface area contributed by atoms with Gasteiger partial charge in [0.05, 0.1) is 0 Å². The summed E-state index contributed by atoms with van der Waals surface area (Å²) in [6.07, 6.45) is 32.0. The van der Waals surface area contributed by atoms with Gasteiger partial charge in [0.15, 0.2) is 0 Å². The number of pyridine rings is 1. The summed E-state index contributed by atoms with van der Waals surface area (Å²) in [7, 11) is 0. The van der Waals surface area contributed by atoms with Gasteiger partial charge < -0.3 is 0 Å². The highest BCUT2D eigenvalue weighted by atomic mass is 14.7. The minimum atomic E-state index is 0.610. The summed E-state index contributed by atoms with van der Waals surface area (Å²) in [5, 5.41) is 0. The van der Waals surface area contributed by atoms with Crippen LogP contribution in [0.15, 0.2) is 12.1 Å². The molecule has 1 aromatic rings. The van der Waals surface area contributed by atoms with Crippen molar-refractivity contribution in [2.45, 2.75) is 135 Å². The Morgan fingerprint density at radius 1 is 0.410 bits per heavy atom. The minimum absolute atomic E-state index is 0.610. The molecule has 1 nitrogen and oxygen atoms in total. The largest absolute Gasteiger partial charge is 0.258 e. The van der Waals surface area contributed by atoms with E-state index < -0.39 is 0 Å². The van der Waals surface area contributed by atoms with E-state index in [0.29, 0.717) is 16.2 Å². The fourth-order valence-electron chi connectivity index (χ4n) is 15.7. The summed E-state index contributed by atoms with van der Waals surface area (Å²) in [6, 6.07) is 5.39. The van der Waals surface area contributed by atoms with Crippen LogP contribution in [0.2, 0.25) is 0 Å². The lowest BCUT2D eigenvalue weighted by molar-refractivity contribution is -0.0543. The molecule has 12 fully saturated rings. The smallest absolute Gasteiger partial charge is 0.0415 e. The molecule has 0 saturated heterocycles. The Morgan fingerprint density at radius 2 is 0.667 bits per heavy atom. The summed E-state index contributed by atoms with van der Waals surface area (Å²) >= 11 is 0. The lowest BCUT2D eigenvalue weighted by atomic mass is 9.48. The van der Waals surface area contributed by atoms with Gasteiger partial charge in [-0.2, -0.15) is 0 Å². The third-order valence-electron chi connectivity index (χ3n) is 15.2. The highest BCUT2D eigenvalue weighted by molar-refractivity contribution is 5.27. The van der Waals surface area contributed by atoms with Gasteiger partial charge in [0.2, 0.25) is 0 Å². The Bertz CT molecular complexity index is 896. The zero-order valence-electron chi connectivity index (χ0n) is 24.6. The Kier molecular flexibility index (Phi) is 4.95. The maximum atomic E-state index is 5.68. The number of hydrogen-bond acceptors (Lipinski definition) is 1. The number of rotatable bonds is 6. The molecule has 1 aromatic heterocycles. The molecule has 0 N–H and O–H groups in total. The van der Waals surface area contributed by atoms with E-state index in [0.717, 1.165) is 53.3 Å². The molecule has 12 bridgehead atoms. The van der Waals surface area contributed by atoms with Crippen molar-refractivity contribution in [1.29, 1.82) is 0 Å². The van der Waals surface area contributed by atoms with E-state index in [4.69, 9.17) is 4.98 Å². The lowest BCUT2D eigenvalue weighted by Gasteiger charge is -2.57. The fraction of sp³-hybridized carbons (Fsp3) is 0.868. The standard InChI is InChI=1S/C38H53N/c1-24-2-26-3-25(1)13-36(12-24,14-26)21-33-10-34(22-37-15-27-4-28(16-37)6-29(5-27)17-37)39-35(11-33)23-38-18-30-7-31(19-38)9-32(8-30)20-38/h10-11,24-32H,1-9,12-23H2. The second-order valence-corrected chi connectivity index (χ2v) is 18.7. The molecule has 0 amide bonds. The number of hydrogen-bond donors (Lipinski definition) is 0. The van der Waals surface area contributed by atoms with E-state index in [1.54, 1.807) is 94.0 Å². The second-order valence-electron chi connectivity index (χ2n) is 18.7. The second kappa shape index (κ2) is 8.16. The summed E-state index contributed by atoms with van der Waals surface area (Å²) < 4.78 is 0. The topological polar surface area (TPSA) is 12.9 Å². The van der Waals surface area contributed by atoms with Crippen molar-refractivity contribution < 1.29 is 0 Å². The van der Waals surface area contributed by atoms with Gasteiger partial charge in [-0.3, -0.25) is 4.98 Å². The van der Waals surface area contributed by atoms with Crippen molar-refractivity contribution >= 4 is 0 Å². The van der Waals surface area contributed by atoms with Crippen molar-refractivity contribution in [3.05, 3.63) is 29.1 Å². The summed E-state index contributed by atoms with van der Waals surface area (Å²) in [5.41, 5.74) is 6.67. The molecule has 0 spiro atoms.